The molecule has 4 rings (SSSR count). The Labute approximate surface area is 169 Å². The summed E-state index contributed by atoms with van der Waals surface area (Å²) in [7, 11) is 0. The van der Waals surface area contributed by atoms with Crippen LogP contribution >= 0.6 is 11.3 Å². The third-order valence-electron chi connectivity index (χ3n) is 4.94. The van der Waals surface area contributed by atoms with Crippen molar-refractivity contribution in [1.82, 2.24) is 14.5 Å². The Hall–Kier alpha value is -2.78. The molecule has 1 amide bonds. The van der Waals surface area contributed by atoms with Gasteiger partial charge >= 0.3 is 5.69 Å². The molecule has 1 fully saturated rings. The van der Waals surface area contributed by atoms with Crippen LogP contribution in [0.4, 0.5) is 4.39 Å². The first kappa shape index (κ1) is 19.5. The second kappa shape index (κ2) is 8.30. The average Bonchev–Trinajstić information content (AvgIpc) is 3.40. The van der Waals surface area contributed by atoms with Gasteiger partial charge in [0.05, 0.1) is 18.2 Å². The lowest BCUT2D eigenvalue weighted by atomic mass is 10.2. The Morgan fingerprint density at radius 3 is 2.72 bits per heavy atom. The van der Waals surface area contributed by atoms with Gasteiger partial charge in [-0.25, -0.2) is 9.18 Å². The van der Waals surface area contributed by atoms with Crippen molar-refractivity contribution in [2.45, 2.75) is 32.0 Å². The highest BCUT2D eigenvalue weighted by atomic mass is 32.1. The number of amides is 1. The number of benzene rings is 1. The minimum absolute atomic E-state index is 0.00329. The third kappa shape index (κ3) is 4.15. The van der Waals surface area contributed by atoms with Crippen molar-refractivity contribution >= 4 is 27.5 Å². The maximum absolute atomic E-state index is 13.2. The lowest BCUT2D eigenvalue weighted by molar-refractivity contribution is -0.122. The molecule has 29 heavy (non-hydrogen) atoms. The second-order valence-electron chi connectivity index (χ2n) is 6.96. The van der Waals surface area contributed by atoms with Crippen molar-refractivity contribution < 1.29 is 13.9 Å². The van der Waals surface area contributed by atoms with Crippen molar-refractivity contribution in [3.8, 4) is 0 Å². The molecule has 1 N–H and O–H groups in total. The number of thiophene rings is 1. The van der Waals surface area contributed by atoms with Gasteiger partial charge in [-0.15, -0.1) is 11.3 Å². The molecular weight excluding hydrogens is 397 g/mol. The minimum Gasteiger partial charge on any atom is -0.376 e. The Kier molecular flexibility index (Phi) is 5.59. The number of aromatic nitrogens is 2. The molecule has 0 saturated carbocycles. The lowest BCUT2D eigenvalue weighted by Crippen LogP contribution is -2.43. The fourth-order valence-corrected chi connectivity index (χ4v) is 4.27. The van der Waals surface area contributed by atoms with Gasteiger partial charge in [0.25, 0.3) is 5.56 Å². The molecule has 1 aliphatic heterocycles. The van der Waals surface area contributed by atoms with Gasteiger partial charge in [0, 0.05) is 13.2 Å². The number of nitrogens with one attached hydrogen (secondary N) is 1. The number of fused-ring (bicyclic) bond motifs is 1. The third-order valence-corrected chi connectivity index (χ3v) is 5.83. The van der Waals surface area contributed by atoms with Crippen molar-refractivity contribution in [2.24, 2.45) is 0 Å². The molecule has 2 aromatic heterocycles. The van der Waals surface area contributed by atoms with E-state index in [9.17, 15) is 18.8 Å². The molecule has 1 atom stereocenters. The van der Waals surface area contributed by atoms with Crippen molar-refractivity contribution in [3.05, 3.63) is 67.9 Å². The Balaban J connectivity index is 1.63. The van der Waals surface area contributed by atoms with Crippen LogP contribution in [0.5, 0.6) is 0 Å². The van der Waals surface area contributed by atoms with E-state index in [0.29, 0.717) is 28.9 Å². The Bertz CT molecular complexity index is 1140. The number of hydrogen-bond donors (Lipinski definition) is 1. The van der Waals surface area contributed by atoms with Gasteiger partial charge in [-0.3, -0.25) is 18.7 Å². The zero-order chi connectivity index (χ0) is 20.4. The first-order chi connectivity index (χ1) is 14.0. The molecule has 0 bridgehead atoms. The monoisotopic (exact) mass is 417 g/mol. The fraction of sp³-hybridized carbons (Fsp3) is 0.350. The van der Waals surface area contributed by atoms with Crippen LogP contribution in [0.25, 0.3) is 10.2 Å². The topological polar surface area (TPSA) is 82.3 Å². The normalized spacial score (nSPS) is 16.4. The summed E-state index contributed by atoms with van der Waals surface area (Å²) in [6.45, 7) is 0.908. The van der Waals surface area contributed by atoms with Crippen LogP contribution in [0.2, 0.25) is 0 Å². The van der Waals surface area contributed by atoms with Gasteiger partial charge in [-0.2, -0.15) is 0 Å². The van der Waals surface area contributed by atoms with Crippen LogP contribution in [0.1, 0.15) is 18.4 Å². The Morgan fingerprint density at radius 1 is 1.21 bits per heavy atom. The van der Waals surface area contributed by atoms with E-state index in [1.807, 2.05) is 0 Å². The first-order valence-corrected chi connectivity index (χ1v) is 10.2. The van der Waals surface area contributed by atoms with Crippen LogP contribution in [0, 0.1) is 5.82 Å². The molecule has 0 aliphatic carbocycles. The molecule has 1 aromatic carbocycles. The van der Waals surface area contributed by atoms with Crippen molar-refractivity contribution in [3.63, 3.8) is 0 Å². The molecule has 3 heterocycles. The highest BCUT2D eigenvalue weighted by Crippen LogP contribution is 2.16. The molecule has 3 aromatic rings. The second-order valence-corrected chi connectivity index (χ2v) is 7.88. The van der Waals surface area contributed by atoms with Crippen molar-refractivity contribution in [1.29, 1.82) is 0 Å². The van der Waals surface area contributed by atoms with Gasteiger partial charge in [0.15, 0.2) is 0 Å². The largest absolute Gasteiger partial charge is 0.376 e. The number of halogens is 1. The Morgan fingerprint density at radius 2 is 2.00 bits per heavy atom. The van der Waals surface area contributed by atoms with Crippen LogP contribution in [-0.2, 0) is 22.6 Å². The summed E-state index contributed by atoms with van der Waals surface area (Å²) < 4.78 is 21.4. The highest BCUT2D eigenvalue weighted by Gasteiger charge is 2.19. The molecular formula is C20H20FN3O4S. The molecule has 1 saturated heterocycles. The molecule has 0 spiro atoms. The number of ether oxygens (including phenoxy) is 1. The quantitative estimate of drug-likeness (QED) is 0.662. The highest BCUT2D eigenvalue weighted by molar-refractivity contribution is 7.17. The zero-order valence-electron chi connectivity index (χ0n) is 15.6. The number of hydrogen-bond acceptors (Lipinski definition) is 5. The van der Waals surface area contributed by atoms with E-state index < -0.39 is 17.1 Å². The summed E-state index contributed by atoms with van der Waals surface area (Å²) >= 11 is 1.22. The van der Waals surface area contributed by atoms with E-state index in [2.05, 4.69) is 5.32 Å². The number of nitrogens with zero attached hydrogens (tertiary/aromatic N) is 2. The summed E-state index contributed by atoms with van der Waals surface area (Å²) in [5.41, 5.74) is 0.0707. The van der Waals surface area contributed by atoms with E-state index in [-0.39, 0.29) is 25.1 Å². The van der Waals surface area contributed by atoms with Crippen molar-refractivity contribution in [2.75, 3.05) is 13.2 Å². The van der Waals surface area contributed by atoms with E-state index >= 15 is 0 Å². The van der Waals surface area contributed by atoms with Gasteiger partial charge in [0.1, 0.15) is 17.1 Å². The fourth-order valence-electron chi connectivity index (χ4n) is 3.43. The SMILES string of the molecule is O=C(Cn1c(=O)n(Cc2ccc(F)cc2)c(=O)c2sccc21)NCC1CCCO1. The summed E-state index contributed by atoms with van der Waals surface area (Å²) in [6, 6.07) is 7.28. The van der Waals surface area contributed by atoms with E-state index in [1.54, 1.807) is 11.4 Å². The molecule has 0 radical (unpaired) electrons. The number of carbonyl (C=O) groups is 1. The number of rotatable bonds is 6. The van der Waals surface area contributed by atoms with Gasteiger partial charge in [-0.1, -0.05) is 12.1 Å². The lowest BCUT2D eigenvalue weighted by Gasteiger charge is -2.14. The van der Waals surface area contributed by atoms with Gasteiger partial charge in [0.2, 0.25) is 5.91 Å². The number of carbonyl (C=O) groups excluding carboxylic acids is 1. The van der Waals surface area contributed by atoms with Crippen LogP contribution in [-0.4, -0.2) is 34.3 Å². The van der Waals surface area contributed by atoms with E-state index in [4.69, 9.17) is 4.74 Å². The van der Waals surface area contributed by atoms with Crippen LogP contribution in [0.3, 0.4) is 0 Å². The predicted molar refractivity (Wildman–Crippen MR) is 108 cm³/mol. The summed E-state index contributed by atoms with van der Waals surface area (Å²) in [5.74, 6) is -0.711. The smallest absolute Gasteiger partial charge is 0.332 e. The maximum Gasteiger partial charge on any atom is 0.332 e. The van der Waals surface area contributed by atoms with E-state index in [0.717, 1.165) is 17.4 Å². The molecule has 7 nitrogen and oxygen atoms in total. The first-order valence-electron chi connectivity index (χ1n) is 9.36. The van der Waals surface area contributed by atoms with Crippen LogP contribution in [0.15, 0.2) is 45.3 Å². The molecule has 1 unspecified atom stereocenters. The molecule has 1 aliphatic rings. The van der Waals surface area contributed by atoms with Gasteiger partial charge in [-0.05, 0) is 42.0 Å². The zero-order valence-corrected chi connectivity index (χ0v) is 16.4. The molecule has 9 heteroatoms. The van der Waals surface area contributed by atoms with Gasteiger partial charge < -0.3 is 10.1 Å². The van der Waals surface area contributed by atoms with Crippen LogP contribution < -0.4 is 16.6 Å². The summed E-state index contributed by atoms with van der Waals surface area (Å²) in [5, 5.41) is 4.51. The van der Waals surface area contributed by atoms with E-state index in [1.165, 1.54) is 40.2 Å². The summed E-state index contributed by atoms with van der Waals surface area (Å²) in [6.07, 6.45) is 1.88. The standard InChI is InChI=1S/C20H20FN3O4S/c21-14-5-3-13(4-6-14)11-24-19(26)18-16(7-9-29-18)23(20(24)27)12-17(25)22-10-15-2-1-8-28-15/h3-7,9,15H,1-2,8,10-12H2,(H,22,25). The average molecular weight is 417 g/mol. The maximum atomic E-state index is 13.2. The molecule has 152 valence electrons. The summed E-state index contributed by atoms with van der Waals surface area (Å²) in [4.78, 5) is 38.2. The minimum atomic E-state index is -0.572. The predicted octanol–water partition coefficient (Wildman–Crippen LogP) is 1.71.